The molecule has 0 N–H and O–H groups in total. The second-order valence-electron chi connectivity index (χ2n) is 6.26. The number of nitrogens with zero attached hydrogens (tertiary/aromatic N) is 5. The van der Waals surface area contributed by atoms with Crippen molar-refractivity contribution in [1.29, 1.82) is 0 Å². The van der Waals surface area contributed by atoms with Crippen LogP contribution in [-0.4, -0.2) is 32.8 Å². The Morgan fingerprint density at radius 2 is 1.88 bits per heavy atom. The average Bonchev–Trinajstić information content (AvgIpc) is 3.05. The second-order valence-corrected chi connectivity index (χ2v) is 6.26. The highest BCUT2D eigenvalue weighted by atomic mass is 19.1. The fourth-order valence-electron chi connectivity index (χ4n) is 3.31. The van der Waals surface area contributed by atoms with E-state index >= 15 is 0 Å². The maximum absolute atomic E-state index is 13.5. The smallest absolute Gasteiger partial charge is 0.225 e. The third-order valence-corrected chi connectivity index (χ3v) is 4.75. The van der Waals surface area contributed by atoms with Gasteiger partial charge in [-0.2, -0.15) is 5.10 Å². The number of anilines is 1. The van der Waals surface area contributed by atoms with E-state index in [0.29, 0.717) is 0 Å². The van der Waals surface area contributed by atoms with Gasteiger partial charge in [-0.05, 0) is 43.0 Å². The van der Waals surface area contributed by atoms with Crippen molar-refractivity contribution in [2.24, 2.45) is 0 Å². The minimum absolute atomic E-state index is 0.217. The summed E-state index contributed by atoms with van der Waals surface area (Å²) in [7, 11) is 0. The molecule has 0 amide bonds. The highest BCUT2D eigenvalue weighted by Crippen LogP contribution is 2.28. The van der Waals surface area contributed by atoms with Crippen LogP contribution in [0, 0.1) is 5.82 Å². The van der Waals surface area contributed by atoms with Gasteiger partial charge in [0.25, 0.3) is 0 Å². The molecule has 1 aliphatic heterocycles. The molecule has 1 saturated heterocycles. The molecule has 3 aromatic rings. The third kappa shape index (κ3) is 2.72. The molecule has 6 heteroatoms. The van der Waals surface area contributed by atoms with Gasteiger partial charge in [0.15, 0.2) is 0 Å². The van der Waals surface area contributed by atoms with E-state index < -0.39 is 0 Å². The molecule has 5 nitrogen and oxygen atoms in total. The summed E-state index contributed by atoms with van der Waals surface area (Å²) in [5.74, 6) is 0.577. The molecule has 1 aliphatic rings. The molecule has 3 heterocycles. The zero-order valence-electron chi connectivity index (χ0n) is 13.7. The number of aromatic nitrogens is 4. The lowest BCUT2D eigenvalue weighted by Crippen LogP contribution is -2.36. The van der Waals surface area contributed by atoms with Crippen molar-refractivity contribution in [3.63, 3.8) is 0 Å². The Bertz CT molecular complexity index is 834. The molecule has 0 atom stereocenters. The van der Waals surface area contributed by atoms with E-state index in [1.54, 1.807) is 12.1 Å². The molecule has 0 saturated carbocycles. The van der Waals surface area contributed by atoms with Crippen LogP contribution < -0.4 is 4.90 Å². The summed E-state index contributed by atoms with van der Waals surface area (Å²) in [6.07, 6.45) is 8.47. The summed E-state index contributed by atoms with van der Waals surface area (Å²) in [4.78, 5) is 11.1. The predicted molar refractivity (Wildman–Crippen MR) is 91.6 cm³/mol. The zero-order chi connectivity index (χ0) is 16.5. The molecule has 0 bridgehead atoms. The van der Waals surface area contributed by atoms with E-state index in [-0.39, 0.29) is 11.9 Å². The van der Waals surface area contributed by atoms with Crippen LogP contribution >= 0.6 is 0 Å². The Labute approximate surface area is 140 Å². The van der Waals surface area contributed by atoms with E-state index in [4.69, 9.17) is 0 Å². The Kier molecular flexibility index (Phi) is 3.88. The van der Waals surface area contributed by atoms with Gasteiger partial charge < -0.3 is 4.90 Å². The standard InChI is InChI=1S/C18H20FN5/c1-2-13-10-20-18(21-11-13)23-7-5-16(6-8-23)24-17-9-15(19)4-3-14(17)12-22-24/h3-4,9-12,16H,2,5-8H2,1H3. The number of fused-ring (bicyclic) bond motifs is 1. The normalized spacial score (nSPS) is 16.0. The van der Waals surface area contributed by atoms with Crippen LogP contribution in [0.4, 0.5) is 10.3 Å². The summed E-state index contributed by atoms with van der Waals surface area (Å²) < 4.78 is 15.5. The molecule has 0 spiro atoms. The lowest BCUT2D eigenvalue weighted by molar-refractivity contribution is 0.373. The van der Waals surface area contributed by atoms with Gasteiger partial charge in [0.2, 0.25) is 5.95 Å². The first kappa shape index (κ1) is 15.1. The van der Waals surface area contributed by atoms with Crippen LogP contribution in [0.2, 0.25) is 0 Å². The van der Waals surface area contributed by atoms with E-state index in [2.05, 4.69) is 26.9 Å². The number of hydrogen-bond acceptors (Lipinski definition) is 4. The summed E-state index contributed by atoms with van der Waals surface area (Å²) in [5, 5.41) is 5.46. The topological polar surface area (TPSA) is 46.8 Å². The zero-order valence-corrected chi connectivity index (χ0v) is 13.7. The Hall–Kier alpha value is -2.50. The molecule has 0 radical (unpaired) electrons. The van der Waals surface area contributed by atoms with Crippen molar-refractivity contribution in [1.82, 2.24) is 19.7 Å². The van der Waals surface area contributed by atoms with Crippen LogP contribution in [0.1, 0.15) is 31.4 Å². The quantitative estimate of drug-likeness (QED) is 0.741. The van der Waals surface area contributed by atoms with Gasteiger partial charge in [-0.25, -0.2) is 14.4 Å². The third-order valence-electron chi connectivity index (χ3n) is 4.75. The van der Waals surface area contributed by atoms with Crippen molar-refractivity contribution < 1.29 is 4.39 Å². The summed E-state index contributed by atoms with van der Waals surface area (Å²) in [6, 6.07) is 5.12. The molecule has 1 fully saturated rings. The fraction of sp³-hybridized carbons (Fsp3) is 0.389. The van der Waals surface area contributed by atoms with Gasteiger partial charge in [0.1, 0.15) is 5.82 Å². The maximum Gasteiger partial charge on any atom is 0.225 e. The Morgan fingerprint density at radius 3 is 2.58 bits per heavy atom. The number of aryl methyl sites for hydroxylation is 1. The van der Waals surface area contributed by atoms with Crippen molar-refractivity contribution in [3.05, 3.63) is 48.2 Å². The SMILES string of the molecule is CCc1cnc(N2CCC(n3ncc4ccc(F)cc43)CC2)nc1. The average molecular weight is 325 g/mol. The predicted octanol–water partition coefficient (Wildman–Crippen LogP) is 3.37. The second kappa shape index (κ2) is 6.19. The van der Waals surface area contributed by atoms with Gasteiger partial charge in [0, 0.05) is 30.9 Å². The van der Waals surface area contributed by atoms with Crippen molar-refractivity contribution in [2.75, 3.05) is 18.0 Å². The number of hydrogen-bond donors (Lipinski definition) is 0. The van der Waals surface area contributed by atoms with E-state index in [0.717, 1.165) is 54.8 Å². The summed E-state index contributed by atoms with van der Waals surface area (Å²) in [5.41, 5.74) is 2.02. The highest BCUT2D eigenvalue weighted by Gasteiger charge is 2.23. The van der Waals surface area contributed by atoms with Crippen LogP contribution in [0.15, 0.2) is 36.8 Å². The molecule has 2 aromatic heterocycles. The lowest BCUT2D eigenvalue weighted by Gasteiger charge is -2.32. The Morgan fingerprint density at radius 1 is 1.12 bits per heavy atom. The number of rotatable bonds is 3. The van der Waals surface area contributed by atoms with Crippen molar-refractivity contribution in [3.8, 4) is 0 Å². The minimum Gasteiger partial charge on any atom is -0.341 e. The first-order valence-electron chi connectivity index (χ1n) is 8.43. The molecule has 4 rings (SSSR count). The van der Waals surface area contributed by atoms with Gasteiger partial charge in [-0.3, -0.25) is 4.68 Å². The number of piperidine rings is 1. The van der Waals surface area contributed by atoms with Gasteiger partial charge >= 0.3 is 0 Å². The summed E-state index contributed by atoms with van der Waals surface area (Å²) in [6.45, 7) is 3.86. The lowest BCUT2D eigenvalue weighted by atomic mass is 10.1. The number of benzene rings is 1. The van der Waals surface area contributed by atoms with Crippen LogP contribution in [-0.2, 0) is 6.42 Å². The van der Waals surface area contributed by atoms with Gasteiger partial charge in [0.05, 0.1) is 17.8 Å². The van der Waals surface area contributed by atoms with Crippen LogP contribution in [0.5, 0.6) is 0 Å². The van der Waals surface area contributed by atoms with Crippen LogP contribution in [0.3, 0.4) is 0 Å². The first-order chi connectivity index (χ1) is 11.7. The molecule has 0 aliphatic carbocycles. The highest BCUT2D eigenvalue weighted by molar-refractivity contribution is 5.78. The van der Waals surface area contributed by atoms with Crippen molar-refractivity contribution >= 4 is 16.9 Å². The first-order valence-corrected chi connectivity index (χ1v) is 8.43. The molecule has 0 unspecified atom stereocenters. The van der Waals surface area contributed by atoms with E-state index in [9.17, 15) is 4.39 Å². The Balaban J connectivity index is 1.49. The van der Waals surface area contributed by atoms with Crippen LogP contribution in [0.25, 0.3) is 10.9 Å². The van der Waals surface area contributed by atoms with Gasteiger partial charge in [-0.1, -0.05) is 6.92 Å². The molecular formula is C18H20FN5. The molecular weight excluding hydrogens is 305 g/mol. The molecule has 124 valence electrons. The largest absolute Gasteiger partial charge is 0.341 e. The van der Waals surface area contributed by atoms with Gasteiger partial charge in [-0.15, -0.1) is 0 Å². The summed E-state index contributed by atoms with van der Waals surface area (Å²) >= 11 is 0. The minimum atomic E-state index is -0.217. The number of halogens is 1. The van der Waals surface area contributed by atoms with E-state index in [1.807, 2.05) is 23.3 Å². The maximum atomic E-state index is 13.5. The van der Waals surface area contributed by atoms with E-state index in [1.165, 1.54) is 6.07 Å². The molecule has 1 aromatic carbocycles. The monoisotopic (exact) mass is 325 g/mol. The van der Waals surface area contributed by atoms with Crippen molar-refractivity contribution in [2.45, 2.75) is 32.2 Å². The fourth-order valence-corrected chi connectivity index (χ4v) is 3.31. The molecule has 24 heavy (non-hydrogen) atoms.